The Hall–Kier alpha value is -1.88. The zero-order chi connectivity index (χ0) is 14.5. The molecule has 2 N–H and O–H groups in total. The average molecular weight is 277 g/mol. The highest BCUT2D eigenvalue weighted by atomic mass is 16.5. The molecule has 0 bridgehead atoms. The number of hydrogen-bond acceptors (Lipinski definition) is 3. The summed E-state index contributed by atoms with van der Waals surface area (Å²) < 4.78 is 5.21. The average Bonchev–Trinajstić information content (AvgIpc) is 2.95. The number of carbonyl (C=O) groups is 2. The van der Waals surface area contributed by atoms with Crippen LogP contribution in [0.4, 0.5) is 0 Å². The van der Waals surface area contributed by atoms with Crippen LogP contribution < -0.4 is 5.32 Å². The molecule has 0 saturated carbocycles. The molecule has 108 valence electrons. The van der Waals surface area contributed by atoms with Crippen molar-refractivity contribution >= 4 is 11.9 Å². The van der Waals surface area contributed by atoms with E-state index in [1.54, 1.807) is 0 Å². The lowest BCUT2D eigenvalue weighted by Crippen LogP contribution is -2.37. The molecule has 1 aliphatic rings. The molecule has 0 aromatic heterocycles. The Bertz CT molecular complexity index is 474. The van der Waals surface area contributed by atoms with Crippen LogP contribution >= 0.6 is 0 Å². The van der Waals surface area contributed by atoms with Gasteiger partial charge in [-0.05, 0) is 24.3 Å². The number of ether oxygens (including phenoxy) is 1. The van der Waals surface area contributed by atoms with Gasteiger partial charge in [0, 0.05) is 6.54 Å². The van der Waals surface area contributed by atoms with E-state index in [0.717, 1.165) is 5.56 Å². The molecule has 2 rings (SSSR count). The van der Waals surface area contributed by atoms with Crippen LogP contribution in [0.2, 0.25) is 0 Å². The molecule has 1 aromatic carbocycles. The van der Waals surface area contributed by atoms with Crippen LogP contribution in [0.15, 0.2) is 30.3 Å². The standard InChI is InChI=1S/C15H19NO4/c1-10(11-5-3-2-4-6-11)9-16-14(17)12-7-8-13(20-12)15(18)19/h2-6,10,12-13H,7-9H2,1H3,(H,16,17)(H,18,19)/t10?,12-,13+/m0/s1. The maximum atomic E-state index is 11.9. The summed E-state index contributed by atoms with van der Waals surface area (Å²) in [5, 5.41) is 11.6. The summed E-state index contributed by atoms with van der Waals surface area (Å²) in [6.45, 7) is 2.55. The topological polar surface area (TPSA) is 75.6 Å². The largest absolute Gasteiger partial charge is 0.479 e. The molecular weight excluding hydrogens is 258 g/mol. The number of carboxylic acid groups (broad SMARTS) is 1. The van der Waals surface area contributed by atoms with Crippen LogP contribution in [-0.2, 0) is 14.3 Å². The van der Waals surface area contributed by atoms with E-state index in [0.29, 0.717) is 19.4 Å². The molecule has 1 fully saturated rings. The van der Waals surface area contributed by atoms with Gasteiger partial charge in [0.2, 0.25) is 5.91 Å². The predicted molar refractivity (Wildman–Crippen MR) is 73.4 cm³/mol. The van der Waals surface area contributed by atoms with E-state index in [4.69, 9.17) is 9.84 Å². The van der Waals surface area contributed by atoms with Crippen LogP contribution in [0.5, 0.6) is 0 Å². The van der Waals surface area contributed by atoms with Gasteiger partial charge in [-0.25, -0.2) is 4.79 Å². The summed E-state index contributed by atoms with van der Waals surface area (Å²) in [5.74, 6) is -1.02. The number of benzene rings is 1. The van der Waals surface area contributed by atoms with Crippen molar-refractivity contribution in [2.24, 2.45) is 0 Å². The Morgan fingerprint density at radius 1 is 1.30 bits per heavy atom. The third-order valence-electron chi connectivity index (χ3n) is 3.54. The minimum absolute atomic E-state index is 0.205. The van der Waals surface area contributed by atoms with Crippen molar-refractivity contribution in [2.75, 3.05) is 6.54 Å². The van der Waals surface area contributed by atoms with Gasteiger partial charge in [0.15, 0.2) is 6.10 Å². The molecule has 1 unspecified atom stereocenters. The number of carboxylic acids is 1. The molecule has 1 saturated heterocycles. The Balaban J connectivity index is 1.80. The molecule has 0 spiro atoms. The van der Waals surface area contributed by atoms with Crippen molar-refractivity contribution in [3.05, 3.63) is 35.9 Å². The first-order chi connectivity index (χ1) is 9.58. The molecular formula is C15H19NO4. The van der Waals surface area contributed by atoms with E-state index < -0.39 is 18.2 Å². The van der Waals surface area contributed by atoms with Gasteiger partial charge in [-0.2, -0.15) is 0 Å². The number of amides is 1. The molecule has 20 heavy (non-hydrogen) atoms. The summed E-state index contributed by atoms with van der Waals surface area (Å²) in [4.78, 5) is 22.7. The zero-order valence-corrected chi connectivity index (χ0v) is 11.4. The van der Waals surface area contributed by atoms with E-state index >= 15 is 0 Å². The Labute approximate surface area is 117 Å². The fraction of sp³-hybridized carbons (Fsp3) is 0.467. The highest BCUT2D eigenvalue weighted by Gasteiger charge is 2.34. The third kappa shape index (κ3) is 3.57. The normalized spacial score (nSPS) is 23.2. The lowest BCUT2D eigenvalue weighted by Gasteiger charge is -2.15. The van der Waals surface area contributed by atoms with Gasteiger partial charge in [-0.1, -0.05) is 37.3 Å². The van der Waals surface area contributed by atoms with E-state index in [1.165, 1.54) is 0 Å². The SMILES string of the molecule is CC(CNC(=O)[C@@H]1CC[C@H](C(=O)O)O1)c1ccccc1. The van der Waals surface area contributed by atoms with Gasteiger partial charge in [0.05, 0.1) is 0 Å². The van der Waals surface area contributed by atoms with E-state index in [1.807, 2.05) is 37.3 Å². The molecule has 1 amide bonds. The second kappa shape index (κ2) is 6.52. The maximum absolute atomic E-state index is 11.9. The van der Waals surface area contributed by atoms with Crippen molar-refractivity contribution < 1.29 is 19.4 Å². The van der Waals surface area contributed by atoms with E-state index in [9.17, 15) is 9.59 Å². The number of rotatable bonds is 5. The molecule has 5 heteroatoms. The van der Waals surface area contributed by atoms with Gasteiger partial charge in [0.25, 0.3) is 0 Å². The molecule has 3 atom stereocenters. The van der Waals surface area contributed by atoms with Crippen LogP contribution in [0.25, 0.3) is 0 Å². The van der Waals surface area contributed by atoms with Crippen LogP contribution in [-0.4, -0.2) is 35.7 Å². The quantitative estimate of drug-likeness (QED) is 0.856. The fourth-order valence-electron chi connectivity index (χ4n) is 2.28. The summed E-state index contributed by atoms with van der Waals surface area (Å²) in [6.07, 6.45) is -0.638. The summed E-state index contributed by atoms with van der Waals surface area (Å²) in [7, 11) is 0. The van der Waals surface area contributed by atoms with Gasteiger partial charge in [-0.15, -0.1) is 0 Å². The first-order valence-corrected chi connectivity index (χ1v) is 6.79. The van der Waals surface area contributed by atoms with Gasteiger partial charge in [0.1, 0.15) is 6.10 Å². The molecule has 1 heterocycles. The van der Waals surface area contributed by atoms with Crippen molar-refractivity contribution in [1.29, 1.82) is 0 Å². The van der Waals surface area contributed by atoms with E-state index in [-0.39, 0.29) is 11.8 Å². The number of aliphatic carboxylic acids is 1. The molecule has 0 aliphatic carbocycles. The summed E-state index contributed by atoms with van der Waals surface area (Å²) in [5.41, 5.74) is 1.16. The Kier molecular flexibility index (Phi) is 4.74. The smallest absolute Gasteiger partial charge is 0.332 e. The first kappa shape index (κ1) is 14.5. The van der Waals surface area contributed by atoms with Crippen molar-refractivity contribution in [2.45, 2.75) is 37.9 Å². The zero-order valence-electron chi connectivity index (χ0n) is 11.4. The summed E-state index contributed by atoms with van der Waals surface area (Å²) >= 11 is 0. The summed E-state index contributed by atoms with van der Waals surface area (Å²) in [6, 6.07) is 9.91. The fourth-order valence-corrected chi connectivity index (χ4v) is 2.28. The molecule has 1 aromatic rings. The first-order valence-electron chi connectivity index (χ1n) is 6.79. The lowest BCUT2D eigenvalue weighted by atomic mass is 10.0. The Morgan fingerprint density at radius 3 is 2.55 bits per heavy atom. The van der Waals surface area contributed by atoms with Crippen LogP contribution in [0.3, 0.4) is 0 Å². The lowest BCUT2D eigenvalue weighted by molar-refractivity contribution is -0.151. The number of hydrogen-bond donors (Lipinski definition) is 2. The second-order valence-electron chi connectivity index (χ2n) is 5.09. The molecule has 1 aliphatic heterocycles. The van der Waals surface area contributed by atoms with Gasteiger partial charge in [-0.3, -0.25) is 4.79 Å². The minimum Gasteiger partial charge on any atom is -0.479 e. The van der Waals surface area contributed by atoms with Crippen molar-refractivity contribution in [3.8, 4) is 0 Å². The second-order valence-corrected chi connectivity index (χ2v) is 5.09. The van der Waals surface area contributed by atoms with Crippen LogP contribution in [0.1, 0.15) is 31.2 Å². The van der Waals surface area contributed by atoms with Crippen molar-refractivity contribution in [3.63, 3.8) is 0 Å². The minimum atomic E-state index is -1.00. The van der Waals surface area contributed by atoms with Gasteiger partial charge >= 0.3 is 5.97 Å². The van der Waals surface area contributed by atoms with Gasteiger partial charge < -0.3 is 15.2 Å². The highest BCUT2D eigenvalue weighted by molar-refractivity contribution is 5.82. The number of carbonyl (C=O) groups excluding carboxylic acids is 1. The van der Waals surface area contributed by atoms with Crippen LogP contribution in [0, 0.1) is 0 Å². The molecule has 5 nitrogen and oxygen atoms in total. The highest BCUT2D eigenvalue weighted by Crippen LogP contribution is 2.20. The number of nitrogens with one attached hydrogen (secondary N) is 1. The third-order valence-corrected chi connectivity index (χ3v) is 3.54. The van der Waals surface area contributed by atoms with E-state index in [2.05, 4.69) is 5.32 Å². The maximum Gasteiger partial charge on any atom is 0.332 e. The Morgan fingerprint density at radius 2 is 1.95 bits per heavy atom. The van der Waals surface area contributed by atoms with Crippen molar-refractivity contribution in [1.82, 2.24) is 5.32 Å². The molecule has 0 radical (unpaired) electrons. The monoisotopic (exact) mass is 277 g/mol. The predicted octanol–water partition coefficient (Wildman–Crippen LogP) is 1.54.